The van der Waals surface area contributed by atoms with Crippen molar-refractivity contribution in [1.82, 2.24) is 0 Å². The molecule has 0 atom stereocenters. The molecule has 2 aliphatic carbocycles. The van der Waals surface area contributed by atoms with Crippen molar-refractivity contribution in [2.24, 2.45) is 0 Å². The van der Waals surface area contributed by atoms with Crippen LogP contribution in [0.5, 0.6) is 0 Å². The van der Waals surface area contributed by atoms with Crippen LogP contribution in [0.2, 0.25) is 0 Å². The molecule has 6 aromatic carbocycles. The van der Waals surface area contributed by atoms with Crippen molar-refractivity contribution in [1.29, 1.82) is 0 Å². The maximum atomic E-state index is 14.1. The van der Waals surface area contributed by atoms with Gasteiger partial charge in [0.2, 0.25) is 11.8 Å². The summed E-state index contributed by atoms with van der Waals surface area (Å²) in [6.07, 6.45) is 17.5. The van der Waals surface area contributed by atoms with Gasteiger partial charge in [-0.05, 0) is 195 Å². The predicted molar refractivity (Wildman–Crippen MR) is 296 cm³/mol. The van der Waals surface area contributed by atoms with Gasteiger partial charge in [-0.15, -0.1) is 0 Å². The average molecular weight is 957 g/mol. The lowest BCUT2D eigenvalue weighted by Gasteiger charge is -2.40. The van der Waals surface area contributed by atoms with Gasteiger partial charge in [0.25, 0.3) is 11.8 Å². The fourth-order valence-corrected chi connectivity index (χ4v) is 12.2. The van der Waals surface area contributed by atoms with Crippen LogP contribution in [0.4, 0.5) is 22.7 Å². The number of aryl methyl sites for hydroxylation is 8. The number of hydrogen-bond donors (Lipinski definition) is 4. The van der Waals surface area contributed by atoms with Gasteiger partial charge in [-0.25, -0.2) is 0 Å². The fraction of sp³-hybridized carbons (Fsp3) is 0.312. The van der Waals surface area contributed by atoms with Gasteiger partial charge in [-0.2, -0.15) is 0 Å². The number of amides is 4. The van der Waals surface area contributed by atoms with E-state index in [-0.39, 0.29) is 34.5 Å². The molecule has 0 unspecified atom stereocenters. The van der Waals surface area contributed by atoms with Crippen LogP contribution in [0.25, 0.3) is 12.2 Å². The zero-order valence-electron chi connectivity index (χ0n) is 43.3. The Kier molecular flexibility index (Phi) is 14.1. The molecule has 0 radical (unpaired) electrons. The molecule has 2 fully saturated rings. The van der Waals surface area contributed by atoms with Crippen LogP contribution in [0.15, 0.2) is 109 Å². The van der Waals surface area contributed by atoms with E-state index in [1.54, 1.807) is 48.6 Å². The molecule has 72 heavy (non-hydrogen) atoms. The van der Waals surface area contributed by atoms with Gasteiger partial charge in [0.05, 0.1) is 0 Å². The van der Waals surface area contributed by atoms with E-state index in [0.717, 1.165) is 130 Å². The first-order valence-electron chi connectivity index (χ1n) is 25.8. The summed E-state index contributed by atoms with van der Waals surface area (Å²) in [5.41, 5.74) is 18.0. The number of rotatable bonds is 0. The van der Waals surface area contributed by atoms with E-state index in [4.69, 9.17) is 0 Å². The zero-order chi connectivity index (χ0) is 50.9. The van der Waals surface area contributed by atoms with Gasteiger partial charge in [0.1, 0.15) is 0 Å². The standard InChI is InChI=1S/C64H68N4O4/c1-39-29-51-30-40(2)57(39)65-55(69)23-21-47-17-15-18-48(37-47)22-24-56(70)66-58-41(3)31-52(32-42(58)4)64(27-13-10-14-28-64)54-35-45(7)60(46(8)36-54)68-62(72)50-20-16-19-49(38-50)61(71)67-59-43(5)33-53(34-44(59)6)63(51)25-11-9-12-26-63/h15-24,29-38H,9-14,25-28H2,1-8H3,(H,65,69)(H,66,70)(H,67,71)(H,68,72)/b23-21-,24-22?. The Morgan fingerprint density at radius 2 is 0.625 bits per heavy atom. The highest BCUT2D eigenvalue weighted by Crippen LogP contribution is 2.49. The first-order valence-corrected chi connectivity index (χ1v) is 25.8. The first kappa shape index (κ1) is 49.7. The minimum Gasteiger partial charge on any atom is -0.322 e. The Labute approximate surface area is 425 Å². The van der Waals surface area contributed by atoms with E-state index in [1.807, 2.05) is 24.3 Å². The van der Waals surface area contributed by atoms with E-state index in [1.165, 1.54) is 35.1 Å². The van der Waals surface area contributed by atoms with Crippen molar-refractivity contribution >= 4 is 58.5 Å². The van der Waals surface area contributed by atoms with Crippen LogP contribution in [-0.2, 0) is 20.4 Å². The summed E-state index contributed by atoms with van der Waals surface area (Å²) in [5.74, 6) is -1.01. The molecule has 16 rings (SSSR count). The summed E-state index contributed by atoms with van der Waals surface area (Å²) in [6.45, 7) is 16.5. The average Bonchev–Trinajstić information content (AvgIpc) is 3.37. The third-order valence-corrected chi connectivity index (χ3v) is 15.9. The van der Waals surface area contributed by atoms with Crippen LogP contribution < -0.4 is 21.3 Å². The van der Waals surface area contributed by atoms with E-state index >= 15 is 0 Å². The molecule has 0 aromatic heterocycles. The van der Waals surface area contributed by atoms with Crippen molar-refractivity contribution in [3.05, 3.63) is 198 Å². The van der Waals surface area contributed by atoms with Crippen LogP contribution in [0.3, 0.4) is 0 Å². The molecule has 2 saturated carbocycles. The zero-order valence-corrected chi connectivity index (χ0v) is 43.3. The summed E-state index contributed by atoms with van der Waals surface area (Å²) in [7, 11) is 0. The number of carbonyl (C=O) groups excluding carboxylic acids is 4. The maximum Gasteiger partial charge on any atom is 0.255 e. The van der Waals surface area contributed by atoms with Crippen molar-refractivity contribution in [2.75, 3.05) is 21.3 Å². The molecule has 0 saturated heterocycles. The highest BCUT2D eigenvalue weighted by Gasteiger charge is 2.39. The summed E-state index contributed by atoms with van der Waals surface area (Å²) in [6, 6.07) is 32.6. The minimum atomic E-state index is -0.279. The van der Waals surface area contributed by atoms with Crippen LogP contribution in [0, 0.1) is 55.4 Å². The molecule has 8 aliphatic heterocycles. The van der Waals surface area contributed by atoms with Gasteiger partial charge >= 0.3 is 0 Å². The second-order valence-electron chi connectivity index (χ2n) is 21.0. The molecule has 6 aromatic rings. The number of hydrogen-bond acceptors (Lipinski definition) is 4. The summed E-state index contributed by atoms with van der Waals surface area (Å²) < 4.78 is 0. The van der Waals surface area contributed by atoms with Gasteiger partial charge in [0, 0.05) is 56.9 Å². The van der Waals surface area contributed by atoms with Crippen molar-refractivity contribution < 1.29 is 19.2 Å². The molecule has 8 heteroatoms. The fourth-order valence-electron chi connectivity index (χ4n) is 12.2. The predicted octanol–water partition coefficient (Wildman–Crippen LogP) is 14.8. The Morgan fingerprint density at radius 3 is 0.944 bits per heavy atom. The van der Waals surface area contributed by atoms with Gasteiger partial charge in [-0.3, -0.25) is 19.2 Å². The topological polar surface area (TPSA) is 116 Å². The number of nitrogens with one attached hydrogen (secondary N) is 4. The highest BCUT2D eigenvalue weighted by atomic mass is 16.2. The molecular formula is C64H68N4O4. The monoisotopic (exact) mass is 957 g/mol. The molecule has 10 aliphatic rings. The Balaban J connectivity index is 1.09. The van der Waals surface area contributed by atoms with Crippen molar-refractivity contribution in [3.63, 3.8) is 0 Å². The second kappa shape index (κ2) is 20.4. The molecular weight excluding hydrogens is 889 g/mol. The molecule has 4 amide bonds. The summed E-state index contributed by atoms with van der Waals surface area (Å²) >= 11 is 0. The number of carbonyl (C=O) groups is 4. The van der Waals surface area contributed by atoms with Gasteiger partial charge in [-0.1, -0.05) is 111 Å². The van der Waals surface area contributed by atoms with E-state index in [9.17, 15) is 19.2 Å². The summed E-state index contributed by atoms with van der Waals surface area (Å²) in [4.78, 5) is 55.2. The largest absolute Gasteiger partial charge is 0.322 e. The van der Waals surface area contributed by atoms with E-state index in [0.29, 0.717) is 11.1 Å². The lowest BCUT2D eigenvalue weighted by atomic mass is 9.64. The third-order valence-electron chi connectivity index (χ3n) is 15.9. The first-order chi connectivity index (χ1) is 34.5. The summed E-state index contributed by atoms with van der Waals surface area (Å²) in [5, 5.41) is 12.8. The smallest absolute Gasteiger partial charge is 0.255 e. The SMILES string of the molecule is Cc1cc2cc(C)c1NC(=O)C=Cc1cccc(c1)/C=C\C(=O)Nc1c(C)cc(cc1C)C1(CCCCC1)c1cc(C)c(c(C)c1)NC(=O)c1cccc(c1)C(=O)Nc1c(C)cc(cc1C)C21CCCCC1. The molecule has 2 spiro atoms. The van der Waals surface area contributed by atoms with Crippen molar-refractivity contribution in [3.8, 4) is 0 Å². The lowest BCUT2D eigenvalue weighted by Crippen LogP contribution is -2.31. The number of anilines is 4. The van der Waals surface area contributed by atoms with E-state index < -0.39 is 0 Å². The van der Waals surface area contributed by atoms with Gasteiger partial charge < -0.3 is 21.3 Å². The van der Waals surface area contributed by atoms with Crippen LogP contribution in [0.1, 0.15) is 163 Å². The second-order valence-corrected chi connectivity index (χ2v) is 21.0. The molecule has 12 bridgehead atoms. The molecule has 8 heterocycles. The van der Waals surface area contributed by atoms with Crippen LogP contribution >= 0.6 is 0 Å². The van der Waals surface area contributed by atoms with Crippen molar-refractivity contribution in [2.45, 2.75) is 130 Å². The molecule has 8 nitrogen and oxygen atoms in total. The third kappa shape index (κ3) is 9.97. The van der Waals surface area contributed by atoms with Gasteiger partial charge in [0.15, 0.2) is 0 Å². The quantitative estimate of drug-likeness (QED) is 0.121. The van der Waals surface area contributed by atoms with Crippen LogP contribution in [-0.4, -0.2) is 23.6 Å². The van der Waals surface area contributed by atoms with E-state index in [2.05, 4.69) is 125 Å². The Hall–Kier alpha value is -7.32. The Bertz CT molecular complexity index is 2920. The lowest BCUT2D eigenvalue weighted by molar-refractivity contribution is -0.112. The number of benzene rings is 6. The highest BCUT2D eigenvalue weighted by molar-refractivity contribution is 6.10. The molecule has 368 valence electrons. The maximum absolute atomic E-state index is 14.1. The normalized spacial score (nSPS) is 17.4. The Morgan fingerprint density at radius 1 is 0.333 bits per heavy atom. The molecule has 4 N–H and O–H groups in total. The minimum absolute atomic E-state index is 0.224.